The Kier molecular flexibility index (Phi) is 4.45. The number of benzene rings is 1. The summed E-state index contributed by atoms with van der Waals surface area (Å²) in [5.74, 6) is 0.682. The van der Waals surface area contributed by atoms with Crippen LogP contribution in [0.3, 0.4) is 0 Å². The van der Waals surface area contributed by atoms with Gasteiger partial charge in [0.05, 0.1) is 20.3 Å². The number of aromatic amines is 1. The summed E-state index contributed by atoms with van der Waals surface area (Å²) >= 11 is 0. The maximum Gasteiger partial charge on any atom is 0.322 e. The molecule has 1 aliphatic heterocycles. The minimum absolute atomic E-state index is 0.126. The fraction of sp³-hybridized carbons (Fsp3) is 0.263. The van der Waals surface area contributed by atoms with E-state index in [1.54, 1.807) is 12.0 Å². The number of pyridine rings is 1. The monoisotopic (exact) mass is 352 g/mol. The first kappa shape index (κ1) is 16.4. The molecule has 0 atom stereocenters. The number of amides is 2. The Balaban J connectivity index is 1.58. The van der Waals surface area contributed by atoms with Crippen molar-refractivity contribution < 1.29 is 14.3 Å². The quantitative estimate of drug-likeness (QED) is 0.759. The van der Waals surface area contributed by atoms with Crippen molar-refractivity contribution in [3.63, 3.8) is 0 Å². The van der Waals surface area contributed by atoms with Crippen molar-refractivity contribution in [3.8, 4) is 16.9 Å². The Labute approximate surface area is 150 Å². The number of aromatic nitrogens is 2. The molecule has 26 heavy (non-hydrogen) atoms. The number of H-pyrrole nitrogens is 1. The van der Waals surface area contributed by atoms with Crippen molar-refractivity contribution in [2.45, 2.75) is 0 Å². The lowest BCUT2D eigenvalue weighted by molar-refractivity contribution is 0.0564. The summed E-state index contributed by atoms with van der Waals surface area (Å²) in [7, 11) is 1.62. The van der Waals surface area contributed by atoms with Crippen LogP contribution in [0.1, 0.15) is 0 Å². The third-order valence-corrected chi connectivity index (χ3v) is 4.46. The van der Waals surface area contributed by atoms with E-state index in [0.717, 1.165) is 22.2 Å². The summed E-state index contributed by atoms with van der Waals surface area (Å²) < 4.78 is 10.8. The first-order valence-electron chi connectivity index (χ1n) is 8.50. The van der Waals surface area contributed by atoms with Gasteiger partial charge in [0, 0.05) is 53.8 Å². The zero-order chi connectivity index (χ0) is 17.9. The van der Waals surface area contributed by atoms with Crippen LogP contribution in [0, 0.1) is 0 Å². The minimum atomic E-state index is -0.126. The Morgan fingerprint density at radius 1 is 1.27 bits per heavy atom. The maximum atomic E-state index is 12.3. The van der Waals surface area contributed by atoms with Gasteiger partial charge in [0.2, 0.25) is 0 Å². The number of rotatable bonds is 3. The molecule has 3 aromatic rings. The van der Waals surface area contributed by atoms with Crippen LogP contribution in [-0.2, 0) is 4.74 Å². The molecular weight excluding hydrogens is 332 g/mol. The molecule has 1 aliphatic rings. The van der Waals surface area contributed by atoms with Crippen LogP contribution in [0.25, 0.3) is 22.2 Å². The van der Waals surface area contributed by atoms with Gasteiger partial charge in [-0.05, 0) is 24.3 Å². The van der Waals surface area contributed by atoms with Crippen LogP contribution in [0.4, 0.5) is 10.5 Å². The van der Waals surface area contributed by atoms with Gasteiger partial charge in [-0.2, -0.15) is 0 Å². The number of morpholine rings is 1. The van der Waals surface area contributed by atoms with Gasteiger partial charge in [0.15, 0.2) is 0 Å². The molecule has 4 rings (SSSR count). The SMILES string of the molecule is COc1cc(NC(=O)N2CCOCC2)ccc1-c1cnc2[nH]ccc2c1. The molecule has 7 nitrogen and oxygen atoms in total. The molecule has 1 aromatic carbocycles. The lowest BCUT2D eigenvalue weighted by Gasteiger charge is -2.27. The number of nitrogens with zero attached hydrogens (tertiary/aromatic N) is 2. The van der Waals surface area contributed by atoms with Crippen LogP contribution < -0.4 is 10.1 Å². The van der Waals surface area contributed by atoms with E-state index in [2.05, 4.69) is 21.4 Å². The fourth-order valence-corrected chi connectivity index (χ4v) is 3.06. The Morgan fingerprint density at radius 3 is 2.92 bits per heavy atom. The number of urea groups is 1. The van der Waals surface area contributed by atoms with Crippen molar-refractivity contribution in [3.05, 3.63) is 42.7 Å². The van der Waals surface area contributed by atoms with Crippen molar-refractivity contribution in [1.82, 2.24) is 14.9 Å². The Morgan fingerprint density at radius 2 is 2.12 bits per heavy atom. The molecule has 2 N–H and O–H groups in total. The summed E-state index contributed by atoms with van der Waals surface area (Å²) in [4.78, 5) is 21.6. The minimum Gasteiger partial charge on any atom is -0.496 e. The van der Waals surface area contributed by atoms with Gasteiger partial charge in [0.25, 0.3) is 0 Å². The van der Waals surface area contributed by atoms with Crippen LogP contribution in [0.15, 0.2) is 42.7 Å². The largest absolute Gasteiger partial charge is 0.496 e. The van der Waals surface area contributed by atoms with E-state index in [1.807, 2.05) is 36.7 Å². The predicted octanol–water partition coefficient (Wildman–Crippen LogP) is 3.10. The van der Waals surface area contributed by atoms with Crippen molar-refractivity contribution in [1.29, 1.82) is 0 Å². The number of hydrogen-bond acceptors (Lipinski definition) is 4. The van der Waals surface area contributed by atoms with Crippen molar-refractivity contribution >= 4 is 22.8 Å². The molecule has 0 unspecified atom stereocenters. The molecule has 1 fully saturated rings. The van der Waals surface area contributed by atoms with Crippen LogP contribution in [-0.4, -0.2) is 54.3 Å². The third-order valence-electron chi connectivity index (χ3n) is 4.46. The number of anilines is 1. The molecule has 7 heteroatoms. The number of fused-ring (bicyclic) bond motifs is 1. The molecule has 2 aromatic heterocycles. The second-order valence-electron chi connectivity index (χ2n) is 6.08. The van der Waals surface area contributed by atoms with Gasteiger partial charge >= 0.3 is 6.03 Å². The second-order valence-corrected chi connectivity index (χ2v) is 6.08. The van der Waals surface area contributed by atoms with Crippen molar-refractivity contribution in [2.75, 3.05) is 38.7 Å². The van der Waals surface area contributed by atoms with Crippen LogP contribution in [0.2, 0.25) is 0 Å². The second kappa shape index (κ2) is 7.05. The fourth-order valence-electron chi connectivity index (χ4n) is 3.06. The van der Waals surface area contributed by atoms with E-state index >= 15 is 0 Å². The van der Waals surface area contributed by atoms with Gasteiger partial charge in [0.1, 0.15) is 11.4 Å². The molecule has 3 heterocycles. The average Bonchev–Trinajstić information content (AvgIpc) is 3.16. The summed E-state index contributed by atoms with van der Waals surface area (Å²) in [6, 6.07) is 9.55. The normalized spacial score (nSPS) is 14.4. The first-order valence-corrected chi connectivity index (χ1v) is 8.50. The summed E-state index contributed by atoms with van der Waals surface area (Å²) in [5.41, 5.74) is 3.42. The molecule has 134 valence electrons. The number of carbonyl (C=O) groups is 1. The summed E-state index contributed by atoms with van der Waals surface area (Å²) in [6.45, 7) is 2.35. The predicted molar refractivity (Wildman–Crippen MR) is 99.5 cm³/mol. The average molecular weight is 352 g/mol. The third kappa shape index (κ3) is 3.21. The van der Waals surface area contributed by atoms with Gasteiger partial charge in [-0.15, -0.1) is 0 Å². The van der Waals surface area contributed by atoms with E-state index in [4.69, 9.17) is 9.47 Å². The highest BCUT2D eigenvalue weighted by molar-refractivity contribution is 5.91. The first-order chi connectivity index (χ1) is 12.7. The van der Waals surface area contributed by atoms with Gasteiger partial charge in [-0.1, -0.05) is 0 Å². The highest BCUT2D eigenvalue weighted by Gasteiger charge is 2.17. The lowest BCUT2D eigenvalue weighted by atomic mass is 10.0. The van der Waals surface area contributed by atoms with Gasteiger partial charge in [-0.25, -0.2) is 9.78 Å². The Bertz CT molecular complexity index is 931. The van der Waals surface area contributed by atoms with E-state index in [9.17, 15) is 4.79 Å². The molecule has 0 bridgehead atoms. The Hall–Kier alpha value is -3.06. The zero-order valence-electron chi connectivity index (χ0n) is 14.5. The van der Waals surface area contributed by atoms with E-state index in [-0.39, 0.29) is 6.03 Å². The number of hydrogen-bond donors (Lipinski definition) is 2. The number of methoxy groups -OCH3 is 1. The molecule has 0 radical (unpaired) electrons. The zero-order valence-corrected chi connectivity index (χ0v) is 14.5. The van der Waals surface area contributed by atoms with Gasteiger partial charge in [-0.3, -0.25) is 0 Å². The summed E-state index contributed by atoms with van der Waals surface area (Å²) in [5, 5.41) is 3.96. The highest BCUT2D eigenvalue weighted by atomic mass is 16.5. The van der Waals surface area contributed by atoms with E-state index < -0.39 is 0 Å². The lowest BCUT2D eigenvalue weighted by Crippen LogP contribution is -2.43. The number of nitrogens with one attached hydrogen (secondary N) is 2. The summed E-state index contributed by atoms with van der Waals surface area (Å²) in [6.07, 6.45) is 3.67. The molecule has 2 amide bonds. The van der Waals surface area contributed by atoms with Crippen molar-refractivity contribution in [2.24, 2.45) is 0 Å². The maximum absolute atomic E-state index is 12.3. The molecular formula is C19H20N4O3. The number of ether oxygens (including phenoxy) is 2. The highest BCUT2D eigenvalue weighted by Crippen LogP contribution is 2.33. The standard InChI is InChI=1S/C19H20N4O3/c1-25-17-11-15(22-19(24)23-6-8-26-9-7-23)2-3-16(17)14-10-13-4-5-20-18(13)21-12-14/h2-5,10-12H,6-9H2,1H3,(H,20,21)(H,22,24). The van der Waals surface area contributed by atoms with E-state index in [0.29, 0.717) is 37.7 Å². The topological polar surface area (TPSA) is 79.5 Å². The molecule has 0 aliphatic carbocycles. The number of carbonyl (C=O) groups excluding carboxylic acids is 1. The van der Waals surface area contributed by atoms with Crippen LogP contribution in [0.5, 0.6) is 5.75 Å². The molecule has 0 saturated carbocycles. The smallest absolute Gasteiger partial charge is 0.322 e. The van der Waals surface area contributed by atoms with Crippen LogP contribution >= 0.6 is 0 Å². The molecule has 1 saturated heterocycles. The van der Waals surface area contributed by atoms with Gasteiger partial charge < -0.3 is 24.7 Å². The van der Waals surface area contributed by atoms with E-state index in [1.165, 1.54) is 0 Å². The molecule has 0 spiro atoms.